The number of benzene rings is 2. The summed E-state index contributed by atoms with van der Waals surface area (Å²) in [5, 5.41) is 0. The number of rotatable bonds is 4. The van der Waals surface area contributed by atoms with Gasteiger partial charge in [0.1, 0.15) is 0 Å². The van der Waals surface area contributed by atoms with Gasteiger partial charge in [-0.1, -0.05) is 60.7 Å². The highest BCUT2D eigenvalue weighted by molar-refractivity contribution is 6.40. The fourth-order valence-corrected chi connectivity index (χ4v) is 1.59. The normalized spacial score (nSPS) is 10.1. The Morgan fingerprint density at radius 2 is 1.38 bits per heavy atom. The van der Waals surface area contributed by atoms with E-state index in [4.69, 9.17) is 0 Å². The zero-order valence-corrected chi connectivity index (χ0v) is 12.7. The smallest absolute Gasteiger partial charge is 0.379 e. The minimum absolute atomic E-state index is 0.351. The molecular weight excluding hydrogens is 320 g/mol. The van der Waals surface area contributed by atoms with Crippen LogP contribution in [0.4, 0.5) is 8.78 Å². The lowest BCUT2D eigenvalue weighted by Gasteiger charge is -2.11. The number of ether oxygens (including phenoxy) is 1. The van der Waals surface area contributed by atoms with E-state index in [0.717, 1.165) is 12.1 Å². The fourth-order valence-electron chi connectivity index (χ4n) is 1.59. The van der Waals surface area contributed by atoms with Crippen LogP contribution in [0.1, 0.15) is 15.9 Å². The maximum Gasteiger partial charge on any atom is 0.379 e. The first-order chi connectivity index (χ1) is 11.3. The number of carbonyl (C=O) groups is 3. The molecule has 0 radical (unpaired) electrons. The van der Waals surface area contributed by atoms with Gasteiger partial charge < -0.3 is 10.5 Å². The molecule has 1 amide bonds. The number of halogens is 2. The van der Waals surface area contributed by atoms with E-state index in [-0.39, 0.29) is 5.56 Å². The summed E-state index contributed by atoms with van der Waals surface area (Å²) in [7, 11) is 1.18. The molecule has 2 aromatic carbocycles. The first-order valence-corrected chi connectivity index (χ1v) is 6.71. The van der Waals surface area contributed by atoms with E-state index >= 15 is 0 Å². The van der Waals surface area contributed by atoms with Crippen LogP contribution in [0, 0.1) is 0 Å². The van der Waals surface area contributed by atoms with Crippen LogP contribution in [-0.2, 0) is 20.2 Å². The molecular formula is C17H15F2NO4. The molecule has 126 valence electrons. The number of methoxy groups -OCH3 is 1. The molecule has 0 aliphatic rings. The molecule has 7 heteroatoms. The van der Waals surface area contributed by atoms with Crippen molar-refractivity contribution < 1.29 is 27.9 Å². The summed E-state index contributed by atoms with van der Waals surface area (Å²) in [6, 6.07) is 15.0. The number of Topliss-reactive ketones (excluding diaryl/α,β-unsaturated/α-hetero) is 1. The van der Waals surface area contributed by atoms with Crippen molar-refractivity contribution in [2.24, 2.45) is 5.73 Å². The summed E-state index contributed by atoms with van der Waals surface area (Å²) < 4.78 is 29.9. The summed E-state index contributed by atoms with van der Waals surface area (Å²) in [6.45, 7) is 0. The molecule has 2 aromatic rings. The van der Waals surface area contributed by atoms with E-state index in [1.54, 1.807) is 36.4 Å². The number of hydrogen-bond donors (Lipinski definition) is 1. The van der Waals surface area contributed by atoms with Crippen molar-refractivity contribution in [3.8, 4) is 0 Å². The highest BCUT2D eigenvalue weighted by atomic mass is 19.3. The van der Waals surface area contributed by atoms with Crippen LogP contribution in [0.3, 0.4) is 0 Å². The summed E-state index contributed by atoms with van der Waals surface area (Å²) in [6.07, 6.45) is 0. The van der Waals surface area contributed by atoms with Gasteiger partial charge in [0.2, 0.25) is 0 Å². The Morgan fingerprint density at radius 3 is 1.79 bits per heavy atom. The van der Waals surface area contributed by atoms with Crippen LogP contribution >= 0.6 is 0 Å². The van der Waals surface area contributed by atoms with Gasteiger partial charge >= 0.3 is 11.9 Å². The number of amides is 1. The van der Waals surface area contributed by atoms with E-state index in [1.165, 1.54) is 19.2 Å². The summed E-state index contributed by atoms with van der Waals surface area (Å²) in [5.74, 6) is -6.64. The second-order valence-corrected chi connectivity index (χ2v) is 4.49. The van der Waals surface area contributed by atoms with E-state index in [2.05, 4.69) is 10.5 Å². The number of nitrogens with two attached hydrogens (primary N) is 1. The van der Waals surface area contributed by atoms with Crippen LogP contribution in [-0.4, -0.2) is 24.8 Å². The lowest BCUT2D eigenvalue weighted by Crippen LogP contribution is -2.32. The minimum Gasteiger partial charge on any atom is -0.463 e. The standard InChI is InChI=1S/C9H8O3.C8H7F2NO/c1-12-9(11)8(10)7-5-3-2-4-6-7;9-8(10,7(11)12)6-4-2-1-3-5-6/h2-6H,1H3;1-5H,(H2,11,12). The van der Waals surface area contributed by atoms with Crippen LogP contribution < -0.4 is 5.73 Å². The number of ketones is 1. The third-order valence-corrected chi connectivity index (χ3v) is 2.85. The molecule has 0 bridgehead atoms. The van der Waals surface area contributed by atoms with Gasteiger partial charge in [0, 0.05) is 11.1 Å². The van der Waals surface area contributed by atoms with Crippen LogP contribution in [0.15, 0.2) is 60.7 Å². The Bertz CT molecular complexity index is 703. The van der Waals surface area contributed by atoms with Crippen molar-refractivity contribution in [3.63, 3.8) is 0 Å². The number of primary amides is 1. The van der Waals surface area contributed by atoms with Gasteiger partial charge in [-0.05, 0) is 0 Å². The SMILES string of the molecule is COC(=O)C(=O)c1ccccc1.NC(=O)C(F)(F)c1ccccc1. The van der Waals surface area contributed by atoms with Gasteiger partial charge in [0.05, 0.1) is 7.11 Å². The molecule has 0 aliphatic heterocycles. The van der Waals surface area contributed by atoms with Crippen LogP contribution in [0.25, 0.3) is 0 Å². The summed E-state index contributed by atoms with van der Waals surface area (Å²) in [5.41, 5.74) is 4.49. The highest BCUT2D eigenvalue weighted by Crippen LogP contribution is 2.26. The third kappa shape index (κ3) is 4.98. The maximum absolute atomic E-state index is 12.8. The summed E-state index contributed by atoms with van der Waals surface area (Å²) in [4.78, 5) is 32.1. The third-order valence-electron chi connectivity index (χ3n) is 2.85. The van der Waals surface area contributed by atoms with Gasteiger partial charge in [-0.2, -0.15) is 8.78 Å². The predicted molar refractivity (Wildman–Crippen MR) is 82.3 cm³/mol. The number of alkyl halides is 2. The van der Waals surface area contributed by atoms with Gasteiger partial charge in [-0.25, -0.2) is 4.79 Å². The monoisotopic (exact) mass is 335 g/mol. The molecule has 0 aromatic heterocycles. The van der Waals surface area contributed by atoms with Crippen molar-refractivity contribution in [2.45, 2.75) is 5.92 Å². The zero-order valence-electron chi connectivity index (χ0n) is 12.7. The molecule has 0 saturated carbocycles. The molecule has 24 heavy (non-hydrogen) atoms. The average molecular weight is 335 g/mol. The zero-order chi connectivity index (χ0) is 18.2. The van der Waals surface area contributed by atoms with Crippen molar-refractivity contribution in [1.29, 1.82) is 0 Å². The molecule has 5 nitrogen and oxygen atoms in total. The second kappa shape index (κ2) is 8.52. The highest BCUT2D eigenvalue weighted by Gasteiger charge is 2.38. The van der Waals surface area contributed by atoms with Gasteiger partial charge in [0.15, 0.2) is 0 Å². The first-order valence-electron chi connectivity index (χ1n) is 6.71. The lowest BCUT2D eigenvalue weighted by atomic mass is 10.1. The van der Waals surface area contributed by atoms with Crippen LogP contribution in [0.5, 0.6) is 0 Å². The van der Waals surface area contributed by atoms with Crippen LogP contribution in [0.2, 0.25) is 0 Å². The molecule has 0 saturated heterocycles. The molecule has 2 N–H and O–H groups in total. The Hall–Kier alpha value is -3.09. The average Bonchev–Trinajstić information content (AvgIpc) is 2.62. The van der Waals surface area contributed by atoms with Crippen molar-refractivity contribution in [3.05, 3.63) is 71.8 Å². The molecule has 0 spiro atoms. The lowest BCUT2D eigenvalue weighted by molar-refractivity contribution is -0.143. The quantitative estimate of drug-likeness (QED) is 0.528. The minimum atomic E-state index is -3.57. The summed E-state index contributed by atoms with van der Waals surface area (Å²) >= 11 is 0. The number of hydrogen-bond acceptors (Lipinski definition) is 4. The van der Waals surface area contributed by atoms with Gasteiger partial charge in [0.25, 0.3) is 11.7 Å². The number of esters is 1. The predicted octanol–water partition coefficient (Wildman–Crippen LogP) is 2.31. The molecule has 0 atom stereocenters. The van der Waals surface area contributed by atoms with Crippen molar-refractivity contribution in [1.82, 2.24) is 0 Å². The Morgan fingerprint density at radius 1 is 0.917 bits per heavy atom. The van der Waals surface area contributed by atoms with E-state index in [0.29, 0.717) is 5.56 Å². The van der Waals surface area contributed by atoms with E-state index < -0.39 is 23.6 Å². The molecule has 0 aliphatic carbocycles. The molecule has 0 heterocycles. The van der Waals surface area contributed by atoms with E-state index in [1.807, 2.05) is 0 Å². The van der Waals surface area contributed by atoms with Crippen molar-refractivity contribution in [2.75, 3.05) is 7.11 Å². The topological polar surface area (TPSA) is 86.5 Å². The van der Waals surface area contributed by atoms with Gasteiger partial charge in [-0.15, -0.1) is 0 Å². The van der Waals surface area contributed by atoms with Crippen molar-refractivity contribution >= 4 is 17.7 Å². The second-order valence-electron chi connectivity index (χ2n) is 4.49. The Balaban J connectivity index is 0.000000240. The largest absolute Gasteiger partial charge is 0.463 e. The Labute approximate surface area is 137 Å². The van der Waals surface area contributed by atoms with Gasteiger partial charge in [-0.3, -0.25) is 9.59 Å². The Kier molecular flexibility index (Phi) is 6.73. The van der Waals surface area contributed by atoms with E-state index in [9.17, 15) is 23.2 Å². The fraction of sp³-hybridized carbons (Fsp3) is 0.118. The molecule has 0 fully saturated rings. The first kappa shape index (κ1) is 19.0. The number of carbonyl (C=O) groups excluding carboxylic acids is 3. The molecule has 2 rings (SSSR count). The molecule has 0 unspecified atom stereocenters. The maximum atomic E-state index is 12.8.